The van der Waals surface area contributed by atoms with Crippen LogP contribution in [0.3, 0.4) is 0 Å². The molecule has 1 saturated heterocycles. The molecule has 5 heteroatoms. The highest BCUT2D eigenvalue weighted by Gasteiger charge is 2.49. The average molecular weight is 254 g/mol. The van der Waals surface area contributed by atoms with E-state index in [4.69, 9.17) is 0 Å². The minimum atomic E-state index is -0.987. The Morgan fingerprint density at radius 3 is 2.61 bits per heavy atom. The Morgan fingerprint density at radius 2 is 2.11 bits per heavy atom. The smallest absolute Gasteiger partial charge is 0.329 e. The molecule has 1 atom stereocenters. The van der Waals surface area contributed by atoms with Crippen molar-refractivity contribution < 1.29 is 14.7 Å². The summed E-state index contributed by atoms with van der Waals surface area (Å²) >= 11 is 0. The van der Waals surface area contributed by atoms with Crippen molar-refractivity contribution >= 4 is 12.0 Å². The van der Waals surface area contributed by atoms with Crippen molar-refractivity contribution in [2.75, 3.05) is 6.54 Å². The lowest BCUT2D eigenvalue weighted by atomic mass is 9.82. The normalized spacial score (nSPS) is 35.1. The van der Waals surface area contributed by atoms with Crippen LogP contribution in [0.4, 0.5) is 4.79 Å². The van der Waals surface area contributed by atoms with E-state index in [0.717, 1.165) is 19.3 Å². The molecule has 1 saturated carbocycles. The number of nitrogens with zero attached hydrogens (tertiary/aromatic N) is 1. The molecule has 0 radical (unpaired) electrons. The van der Waals surface area contributed by atoms with E-state index in [9.17, 15) is 14.7 Å². The molecule has 2 aliphatic rings. The number of nitrogens with one attached hydrogen (secondary N) is 1. The number of rotatable bonds is 3. The SMILES string of the molecule is CCC1(C(=O)O)CCCN1C(=O)NC1CC(C)C1. The van der Waals surface area contributed by atoms with E-state index in [1.54, 1.807) is 0 Å². The quantitative estimate of drug-likeness (QED) is 0.807. The van der Waals surface area contributed by atoms with E-state index in [1.807, 2.05) is 6.92 Å². The fourth-order valence-corrected chi connectivity index (χ4v) is 3.19. The molecular weight excluding hydrogens is 232 g/mol. The van der Waals surface area contributed by atoms with E-state index in [2.05, 4.69) is 12.2 Å². The van der Waals surface area contributed by atoms with Gasteiger partial charge in [0.15, 0.2) is 0 Å². The number of amides is 2. The van der Waals surface area contributed by atoms with Crippen molar-refractivity contribution in [2.24, 2.45) is 5.92 Å². The van der Waals surface area contributed by atoms with Crippen LogP contribution in [0.15, 0.2) is 0 Å². The van der Waals surface area contributed by atoms with Gasteiger partial charge in [-0.15, -0.1) is 0 Å². The van der Waals surface area contributed by atoms with Gasteiger partial charge >= 0.3 is 12.0 Å². The van der Waals surface area contributed by atoms with Gasteiger partial charge in [0.1, 0.15) is 5.54 Å². The van der Waals surface area contributed by atoms with Gasteiger partial charge in [-0.1, -0.05) is 13.8 Å². The van der Waals surface area contributed by atoms with Crippen molar-refractivity contribution in [1.29, 1.82) is 0 Å². The highest BCUT2D eigenvalue weighted by molar-refractivity contribution is 5.87. The third kappa shape index (κ3) is 2.06. The van der Waals surface area contributed by atoms with Gasteiger partial charge in [-0.05, 0) is 38.0 Å². The van der Waals surface area contributed by atoms with Crippen molar-refractivity contribution in [2.45, 2.75) is 57.5 Å². The number of carboxylic acid groups (broad SMARTS) is 1. The topological polar surface area (TPSA) is 69.6 Å². The Kier molecular flexibility index (Phi) is 3.50. The number of urea groups is 1. The Bertz CT molecular complexity index is 352. The number of carboxylic acids is 1. The number of likely N-dealkylation sites (tertiary alicyclic amines) is 1. The molecule has 18 heavy (non-hydrogen) atoms. The molecule has 2 N–H and O–H groups in total. The molecule has 0 bridgehead atoms. The summed E-state index contributed by atoms with van der Waals surface area (Å²) < 4.78 is 0. The minimum Gasteiger partial charge on any atom is -0.479 e. The maximum absolute atomic E-state index is 12.2. The maximum Gasteiger partial charge on any atom is 0.329 e. The van der Waals surface area contributed by atoms with E-state index in [-0.39, 0.29) is 12.1 Å². The van der Waals surface area contributed by atoms with Crippen LogP contribution in [-0.4, -0.2) is 40.1 Å². The molecule has 1 aliphatic carbocycles. The van der Waals surface area contributed by atoms with Crippen LogP contribution in [-0.2, 0) is 4.79 Å². The van der Waals surface area contributed by atoms with E-state index >= 15 is 0 Å². The van der Waals surface area contributed by atoms with Gasteiger partial charge in [0, 0.05) is 12.6 Å². The number of aliphatic carboxylic acids is 1. The zero-order chi connectivity index (χ0) is 13.3. The van der Waals surface area contributed by atoms with Crippen molar-refractivity contribution in [3.05, 3.63) is 0 Å². The molecule has 0 aromatic heterocycles. The molecule has 1 aliphatic heterocycles. The summed E-state index contributed by atoms with van der Waals surface area (Å²) in [7, 11) is 0. The summed E-state index contributed by atoms with van der Waals surface area (Å²) in [5, 5.41) is 12.4. The first-order chi connectivity index (χ1) is 8.49. The molecule has 0 aromatic rings. The standard InChI is InChI=1S/C13H22N2O3/c1-3-13(11(16)17)5-4-6-15(13)12(18)14-10-7-9(2)8-10/h9-10H,3-8H2,1-2H3,(H,14,18)(H,16,17). The first-order valence-corrected chi connectivity index (χ1v) is 6.81. The molecule has 0 aromatic carbocycles. The number of hydrogen-bond acceptors (Lipinski definition) is 2. The average Bonchev–Trinajstić information content (AvgIpc) is 2.71. The summed E-state index contributed by atoms with van der Waals surface area (Å²) in [5.74, 6) is -0.205. The van der Waals surface area contributed by atoms with Gasteiger partial charge in [0.05, 0.1) is 0 Å². The van der Waals surface area contributed by atoms with Crippen molar-refractivity contribution in [3.63, 3.8) is 0 Å². The molecule has 102 valence electrons. The lowest BCUT2D eigenvalue weighted by molar-refractivity contribution is -0.148. The van der Waals surface area contributed by atoms with Crippen LogP contribution in [0.2, 0.25) is 0 Å². The predicted octanol–water partition coefficient (Wildman–Crippen LogP) is 1.82. The van der Waals surface area contributed by atoms with Gasteiger partial charge in [-0.3, -0.25) is 0 Å². The second-order valence-corrected chi connectivity index (χ2v) is 5.67. The number of carbonyl (C=O) groups is 2. The van der Waals surface area contributed by atoms with E-state index in [1.165, 1.54) is 4.90 Å². The van der Waals surface area contributed by atoms with Gasteiger partial charge in [0.2, 0.25) is 0 Å². The maximum atomic E-state index is 12.2. The van der Waals surface area contributed by atoms with Crippen LogP contribution in [0.25, 0.3) is 0 Å². The third-order valence-electron chi connectivity index (χ3n) is 4.42. The summed E-state index contributed by atoms with van der Waals surface area (Å²) in [6.45, 7) is 4.55. The van der Waals surface area contributed by atoms with E-state index < -0.39 is 11.5 Å². The van der Waals surface area contributed by atoms with Gasteiger partial charge in [-0.25, -0.2) is 9.59 Å². The van der Waals surface area contributed by atoms with Crippen LogP contribution >= 0.6 is 0 Å². The highest BCUT2D eigenvalue weighted by Crippen LogP contribution is 2.33. The molecule has 2 rings (SSSR count). The lowest BCUT2D eigenvalue weighted by Gasteiger charge is -2.38. The molecule has 5 nitrogen and oxygen atoms in total. The summed E-state index contributed by atoms with van der Waals surface area (Å²) in [5.41, 5.74) is -0.987. The second-order valence-electron chi connectivity index (χ2n) is 5.67. The van der Waals surface area contributed by atoms with Crippen molar-refractivity contribution in [1.82, 2.24) is 10.2 Å². The van der Waals surface area contributed by atoms with E-state index in [0.29, 0.717) is 25.3 Å². The number of hydrogen-bond donors (Lipinski definition) is 2. The zero-order valence-electron chi connectivity index (χ0n) is 11.1. The first kappa shape index (κ1) is 13.2. The van der Waals surface area contributed by atoms with Crippen molar-refractivity contribution in [3.8, 4) is 0 Å². The predicted molar refractivity (Wildman–Crippen MR) is 67.3 cm³/mol. The van der Waals surface area contributed by atoms with Gasteiger partial charge in [-0.2, -0.15) is 0 Å². The van der Waals surface area contributed by atoms with Gasteiger partial charge in [0.25, 0.3) is 0 Å². The molecule has 1 heterocycles. The Balaban J connectivity index is 2.02. The lowest BCUT2D eigenvalue weighted by Crippen LogP contribution is -2.58. The highest BCUT2D eigenvalue weighted by atomic mass is 16.4. The van der Waals surface area contributed by atoms with Gasteiger partial charge < -0.3 is 15.3 Å². The minimum absolute atomic E-state index is 0.200. The molecule has 2 fully saturated rings. The Labute approximate surface area is 108 Å². The van der Waals surface area contributed by atoms with Crippen LogP contribution < -0.4 is 5.32 Å². The molecule has 1 unspecified atom stereocenters. The molecular formula is C13H22N2O3. The fourth-order valence-electron chi connectivity index (χ4n) is 3.19. The number of carbonyl (C=O) groups excluding carboxylic acids is 1. The Hall–Kier alpha value is -1.26. The van der Waals surface area contributed by atoms with Crippen LogP contribution in [0.1, 0.15) is 46.0 Å². The second kappa shape index (κ2) is 4.78. The largest absolute Gasteiger partial charge is 0.479 e. The van der Waals surface area contributed by atoms with Crippen LogP contribution in [0, 0.1) is 5.92 Å². The summed E-state index contributed by atoms with van der Waals surface area (Å²) in [6, 6.07) is 0.0325. The monoisotopic (exact) mass is 254 g/mol. The summed E-state index contributed by atoms with van der Waals surface area (Å²) in [6.07, 6.45) is 3.82. The molecule has 0 spiro atoms. The first-order valence-electron chi connectivity index (χ1n) is 6.81. The van der Waals surface area contributed by atoms with Crippen LogP contribution in [0.5, 0.6) is 0 Å². The third-order valence-corrected chi connectivity index (χ3v) is 4.42. The molecule has 2 amide bonds. The summed E-state index contributed by atoms with van der Waals surface area (Å²) in [4.78, 5) is 25.2. The zero-order valence-corrected chi connectivity index (χ0v) is 11.1. The Morgan fingerprint density at radius 1 is 1.44 bits per heavy atom. The fraction of sp³-hybridized carbons (Fsp3) is 0.846.